The van der Waals surface area contributed by atoms with Gasteiger partial charge < -0.3 is 0 Å². The van der Waals surface area contributed by atoms with Gasteiger partial charge in [0, 0.05) is 22.0 Å². The predicted octanol–water partition coefficient (Wildman–Crippen LogP) is 2.36. The summed E-state index contributed by atoms with van der Waals surface area (Å²) in [6.45, 7) is 2.01. The Balaban J connectivity index is 2.26. The van der Waals surface area contributed by atoms with E-state index in [2.05, 4.69) is 15.2 Å². The van der Waals surface area contributed by atoms with Crippen LogP contribution in [0.1, 0.15) is 4.88 Å². The van der Waals surface area contributed by atoms with Gasteiger partial charge in [0.1, 0.15) is 5.01 Å². The van der Waals surface area contributed by atoms with Crippen molar-refractivity contribution in [2.45, 2.75) is 6.92 Å². The minimum Gasteiger partial charge on any atom is -0.267 e. The number of nitrogens with zero attached hydrogens (tertiary/aromatic N) is 2. The van der Waals surface area contributed by atoms with E-state index >= 15 is 0 Å². The van der Waals surface area contributed by atoms with E-state index in [1.54, 1.807) is 17.5 Å². The number of H-pyrrole nitrogens is 1. The Labute approximate surface area is 101 Å². The Bertz CT molecular complexity index is 745. The molecule has 3 aromatic rings. The van der Waals surface area contributed by atoms with Gasteiger partial charge in [0.2, 0.25) is 0 Å². The Morgan fingerprint density at radius 2 is 2.18 bits per heavy atom. The summed E-state index contributed by atoms with van der Waals surface area (Å²) in [4.78, 5) is 17.1. The second-order valence-electron chi connectivity index (χ2n) is 3.78. The zero-order chi connectivity index (χ0) is 11.8. The van der Waals surface area contributed by atoms with Gasteiger partial charge in [0.05, 0.1) is 11.6 Å². The fourth-order valence-electron chi connectivity index (χ4n) is 1.71. The molecule has 0 saturated heterocycles. The molecule has 0 unspecified atom stereocenters. The molecule has 0 bridgehead atoms. The molecule has 1 N–H and O–H groups in total. The van der Waals surface area contributed by atoms with Gasteiger partial charge in [-0.05, 0) is 13.0 Å². The molecule has 17 heavy (non-hydrogen) atoms. The van der Waals surface area contributed by atoms with Crippen LogP contribution in [0, 0.1) is 6.92 Å². The molecule has 2 aromatic heterocycles. The monoisotopic (exact) mass is 243 g/mol. The molecule has 0 fully saturated rings. The van der Waals surface area contributed by atoms with Gasteiger partial charge in [0.25, 0.3) is 5.56 Å². The van der Waals surface area contributed by atoms with Crippen LogP contribution in [0.5, 0.6) is 0 Å². The summed E-state index contributed by atoms with van der Waals surface area (Å²) in [5.41, 5.74) is 0.796. The minimum atomic E-state index is -0.169. The second-order valence-corrected chi connectivity index (χ2v) is 5.01. The number of rotatable bonds is 1. The summed E-state index contributed by atoms with van der Waals surface area (Å²) < 4.78 is 0. The van der Waals surface area contributed by atoms with Crippen molar-refractivity contribution in [3.63, 3.8) is 0 Å². The molecule has 0 saturated carbocycles. The molecule has 0 aliphatic rings. The van der Waals surface area contributed by atoms with Gasteiger partial charge in [-0.2, -0.15) is 5.10 Å². The molecule has 1 aromatic carbocycles. The molecule has 0 radical (unpaired) electrons. The average molecular weight is 243 g/mol. The summed E-state index contributed by atoms with van der Waals surface area (Å²) in [6, 6.07) is 5.71. The van der Waals surface area contributed by atoms with Crippen LogP contribution in [0.4, 0.5) is 0 Å². The first-order valence-electron chi connectivity index (χ1n) is 5.14. The van der Waals surface area contributed by atoms with E-state index in [0.717, 1.165) is 20.8 Å². The molecule has 2 heterocycles. The third kappa shape index (κ3) is 1.74. The van der Waals surface area contributed by atoms with Crippen molar-refractivity contribution >= 4 is 22.1 Å². The number of hydrogen-bond donors (Lipinski definition) is 1. The lowest BCUT2D eigenvalue weighted by Crippen LogP contribution is -2.07. The van der Waals surface area contributed by atoms with Crippen LogP contribution in [0.2, 0.25) is 0 Å². The molecule has 3 rings (SSSR count). The second kappa shape index (κ2) is 3.78. The van der Waals surface area contributed by atoms with E-state index in [9.17, 15) is 4.79 Å². The number of hydrogen-bond acceptors (Lipinski definition) is 4. The van der Waals surface area contributed by atoms with Crippen LogP contribution in [0.3, 0.4) is 0 Å². The molecule has 0 aliphatic heterocycles. The third-order valence-corrected chi connectivity index (χ3v) is 3.50. The number of aromatic nitrogens is 3. The number of nitrogens with one attached hydrogen (secondary N) is 1. The molecule has 0 atom stereocenters. The van der Waals surface area contributed by atoms with Crippen molar-refractivity contribution in [3.8, 4) is 10.6 Å². The first-order valence-corrected chi connectivity index (χ1v) is 5.96. The van der Waals surface area contributed by atoms with Crippen molar-refractivity contribution in [1.29, 1.82) is 0 Å². The fraction of sp³-hybridized carbons (Fsp3) is 0.0833. The van der Waals surface area contributed by atoms with Gasteiger partial charge in [-0.1, -0.05) is 12.1 Å². The summed E-state index contributed by atoms with van der Waals surface area (Å²) in [5.74, 6) is 0. The smallest absolute Gasteiger partial charge is 0.267 e. The van der Waals surface area contributed by atoms with E-state index < -0.39 is 0 Å². The first kappa shape index (κ1) is 10.2. The Morgan fingerprint density at radius 3 is 2.94 bits per heavy atom. The van der Waals surface area contributed by atoms with Crippen molar-refractivity contribution < 1.29 is 0 Å². The number of thiazole rings is 1. The van der Waals surface area contributed by atoms with E-state index in [-0.39, 0.29) is 5.56 Å². The molecular weight excluding hydrogens is 234 g/mol. The summed E-state index contributed by atoms with van der Waals surface area (Å²) >= 11 is 1.62. The molecular formula is C12H9N3OS. The van der Waals surface area contributed by atoms with E-state index in [1.807, 2.05) is 31.3 Å². The zero-order valence-corrected chi connectivity index (χ0v) is 9.91. The minimum absolute atomic E-state index is 0.169. The van der Waals surface area contributed by atoms with Crippen LogP contribution < -0.4 is 5.56 Å². The van der Waals surface area contributed by atoms with E-state index in [4.69, 9.17) is 0 Å². The highest BCUT2D eigenvalue weighted by Crippen LogP contribution is 2.26. The third-order valence-electron chi connectivity index (χ3n) is 2.54. The Kier molecular flexibility index (Phi) is 2.26. The van der Waals surface area contributed by atoms with E-state index in [0.29, 0.717) is 5.39 Å². The lowest BCUT2D eigenvalue weighted by Gasteiger charge is -1.99. The zero-order valence-electron chi connectivity index (χ0n) is 9.10. The molecule has 5 heteroatoms. The van der Waals surface area contributed by atoms with Gasteiger partial charge in [-0.25, -0.2) is 10.1 Å². The van der Waals surface area contributed by atoms with Gasteiger partial charge in [-0.15, -0.1) is 11.3 Å². The quantitative estimate of drug-likeness (QED) is 0.713. The highest BCUT2D eigenvalue weighted by atomic mass is 32.1. The Hall–Kier alpha value is -2.01. The summed E-state index contributed by atoms with van der Waals surface area (Å²) in [7, 11) is 0. The molecule has 4 nitrogen and oxygen atoms in total. The van der Waals surface area contributed by atoms with Crippen molar-refractivity contribution in [2.24, 2.45) is 0 Å². The summed E-state index contributed by atoms with van der Waals surface area (Å²) in [5, 5.41) is 8.62. The lowest BCUT2D eigenvalue weighted by molar-refractivity contribution is 1.01. The molecule has 0 aliphatic carbocycles. The Morgan fingerprint density at radius 1 is 1.29 bits per heavy atom. The number of benzene rings is 1. The maximum atomic E-state index is 11.6. The van der Waals surface area contributed by atoms with Crippen LogP contribution >= 0.6 is 11.3 Å². The fourth-order valence-corrected chi connectivity index (χ4v) is 2.47. The normalized spacial score (nSPS) is 10.9. The largest absolute Gasteiger partial charge is 0.272 e. The van der Waals surface area contributed by atoms with Crippen molar-refractivity contribution in [2.75, 3.05) is 0 Å². The van der Waals surface area contributed by atoms with Crippen molar-refractivity contribution in [1.82, 2.24) is 15.2 Å². The van der Waals surface area contributed by atoms with Crippen LogP contribution in [0.15, 0.2) is 35.4 Å². The number of aryl methyl sites for hydroxylation is 1. The maximum Gasteiger partial charge on any atom is 0.272 e. The van der Waals surface area contributed by atoms with Gasteiger partial charge >= 0.3 is 0 Å². The van der Waals surface area contributed by atoms with Crippen molar-refractivity contribution in [3.05, 3.63) is 45.8 Å². The van der Waals surface area contributed by atoms with Crippen LogP contribution in [-0.2, 0) is 0 Å². The van der Waals surface area contributed by atoms with E-state index in [1.165, 1.54) is 0 Å². The lowest BCUT2D eigenvalue weighted by atomic mass is 10.1. The number of aromatic amines is 1. The standard InChI is InChI=1S/C12H9N3OS/c1-7-5-13-12(17-7)8-2-3-9-6-14-15-11(16)10(9)4-8/h2-6H,1H3,(H,15,16). The van der Waals surface area contributed by atoms with Gasteiger partial charge in [0.15, 0.2) is 0 Å². The van der Waals surface area contributed by atoms with Crippen LogP contribution in [-0.4, -0.2) is 15.2 Å². The summed E-state index contributed by atoms with van der Waals surface area (Å²) in [6.07, 6.45) is 3.48. The highest BCUT2D eigenvalue weighted by molar-refractivity contribution is 7.14. The molecule has 84 valence electrons. The first-order chi connectivity index (χ1) is 8.24. The average Bonchev–Trinajstić information content (AvgIpc) is 2.76. The molecule has 0 spiro atoms. The molecule has 0 amide bonds. The highest BCUT2D eigenvalue weighted by Gasteiger charge is 2.05. The maximum absolute atomic E-state index is 11.6. The number of fused-ring (bicyclic) bond motifs is 1. The van der Waals surface area contributed by atoms with Crippen LogP contribution in [0.25, 0.3) is 21.3 Å². The van der Waals surface area contributed by atoms with Gasteiger partial charge in [-0.3, -0.25) is 4.79 Å². The SMILES string of the molecule is Cc1cnc(-c2ccc3cn[nH]c(=O)c3c2)s1. The topological polar surface area (TPSA) is 58.6 Å². The predicted molar refractivity (Wildman–Crippen MR) is 68.2 cm³/mol.